The number of piperidine rings is 1. The molecule has 1 aromatic rings. The summed E-state index contributed by atoms with van der Waals surface area (Å²) in [6.45, 7) is 6.99. The molecule has 1 aromatic carbocycles. The summed E-state index contributed by atoms with van der Waals surface area (Å²) in [7, 11) is 0. The van der Waals surface area contributed by atoms with E-state index in [0.717, 1.165) is 30.7 Å². The summed E-state index contributed by atoms with van der Waals surface area (Å²) < 4.78 is 91.4. The van der Waals surface area contributed by atoms with Gasteiger partial charge in [0.2, 0.25) is 0 Å². The molecule has 1 aliphatic heterocycles. The Labute approximate surface area is 181 Å². The molecule has 1 aliphatic rings. The largest absolute Gasteiger partial charge is 0.416 e. The number of thioether (sulfide) groups is 1. The Morgan fingerprint density at radius 3 is 2.26 bits per heavy atom. The highest BCUT2D eigenvalue weighted by molar-refractivity contribution is 7.98. The Hall–Kier alpha value is -1.74. The second-order valence-corrected chi connectivity index (χ2v) is 8.40. The third-order valence-corrected chi connectivity index (χ3v) is 6.27. The zero-order chi connectivity index (χ0) is 23.2. The van der Waals surface area contributed by atoms with E-state index in [0.29, 0.717) is 12.3 Å². The predicted molar refractivity (Wildman–Crippen MR) is 110 cm³/mol. The minimum atomic E-state index is -4.86. The molecule has 9 heteroatoms. The number of benzene rings is 1. The van der Waals surface area contributed by atoms with Crippen molar-refractivity contribution in [2.45, 2.75) is 31.5 Å². The SMILES string of the molecule is C=C(/C=C\C(F)=C/C)[C@@H]1CCNC[C@H]1CSCc1cc(C(F)(F)F)cc(C(F)(F)F)c1. The van der Waals surface area contributed by atoms with E-state index in [1.54, 1.807) is 13.0 Å². The maximum Gasteiger partial charge on any atom is 0.416 e. The first-order valence-electron chi connectivity index (χ1n) is 9.67. The van der Waals surface area contributed by atoms with Crippen LogP contribution >= 0.6 is 11.8 Å². The van der Waals surface area contributed by atoms with Gasteiger partial charge in [0, 0.05) is 5.75 Å². The molecule has 1 N–H and O–H groups in total. The van der Waals surface area contributed by atoms with Crippen molar-refractivity contribution in [1.29, 1.82) is 0 Å². The van der Waals surface area contributed by atoms with Crippen LogP contribution in [0.5, 0.6) is 0 Å². The maximum atomic E-state index is 13.3. The zero-order valence-electron chi connectivity index (χ0n) is 16.9. The van der Waals surface area contributed by atoms with Crippen molar-refractivity contribution >= 4 is 11.8 Å². The molecular formula is C22H24F7NS. The summed E-state index contributed by atoms with van der Waals surface area (Å²) >= 11 is 1.28. The molecule has 172 valence electrons. The van der Waals surface area contributed by atoms with Crippen LogP contribution in [0, 0.1) is 11.8 Å². The van der Waals surface area contributed by atoms with Crippen LogP contribution in [0.1, 0.15) is 30.0 Å². The van der Waals surface area contributed by atoms with Crippen LogP contribution in [0.3, 0.4) is 0 Å². The summed E-state index contributed by atoms with van der Waals surface area (Å²) in [4.78, 5) is 0. The van der Waals surface area contributed by atoms with Crippen LogP contribution in [-0.2, 0) is 18.1 Å². The molecule has 1 saturated heterocycles. The van der Waals surface area contributed by atoms with Crippen molar-refractivity contribution in [2.75, 3.05) is 18.8 Å². The highest BCUT2D eigenvalue weighted by atomic mass is 32.2. The molecule has 0 bridgehead atoms. The van der Waals surface area contributed by atoms with Crippen molar-refractivity contribution in [3.05, 3.63) is 71.1 Å². The molecular weight excluding hydrogens is 443 g/mol. The third-order valence-electron chi connectivity index (χ3n) is 5.06. The lowest BCUT2D eigenvalue weighted by Crippen LogP contribution is -2.38. The molecule has 1 fully saturated rings. The Kier molecular flexibility index (Phi) is 8.83. The normalized spacial score (nSPS) is 21.0. The van der Waals surface area contributed by atoms with E-state index >= 15 is 0 Å². The van der Waals surface area contributed by atoms with Gasteiger partial charge < -0.3 is 5.32 Å². The number of hydrogen-bond acceptors (Lipinski definition) is 2. The number of nitrogens with one attached hydrogen (secondary N) is 1. The van der Waals surface area contributed by atoms with Crippen LogP contribution < -0.4 is 5.32 Å². The molecule has 0 amide bonds. The van der Waals surface area contributed by atoms with Crippen LogP contribution in [0.25, 0.3) is 0 Å². The Bertz CT molecular complexity index is 792. The van der Waals surface area contributed by atoms with E-state index in [2.05, 4.69) is 11.9 Å². The predicted octanol–water partition coefficient (Wildman–Crippen LogP) is 7.17. The van der Waals surface area contributed by atoms with Gasteiger partial charge in [0.15, 0.2) is 0 Å². The van der Waals surface area contributed by atoms with Gasteiger partial charge in [-0.25, -0.2) is 4.39 Å². The lowest BCUT2D eigenvalue weighted by molar-refractivity contribution is -0.143. The van der Waals surface area contributed by atoms with Crippen LogP contribution in [-0.4, -0.2) is 18.8 Å². The number of rotatable bonds is 7. The van der Waals surface area contributed by atoms with Crippen LogP contribution in [0.15, 0.2) is 54.4 Å². The smallest absolute Gasteiger partial charge is 0.316 e. The first-order valence-corrected chi connectivity index (χ1v) is 10.8. The molecule has 0 unspecified atom stereocenters. The molecule has 0 saturated carbocycles. The van der Waals surface area contributed by atoms with Crippen molar-refractivity contribution in [3.8, 4) is 0 Å². The van der Waals surface area contributed by atoms with Gasteiger partial charge in [0.1, 0.15) is 5.83 Å². The molecule has 0 spiro atoms. The van der Waals surface area contributed by atoms with Crippen molar-refractivity contribution in [1.82, 2.24) is 5.32 Å². The monoisotopic (exact) mass is 467 g/mol. The Morgan fingerprint density at radius 1 is 1.10 bits per heavy atom. The van der Waals surface area contributed by atoms with Gasteiger partial charge in [-0.05, 0) is 73.9 Å². The van der Waals surface area contributed by atoms with E-state index in [4.69, 9.17) is 0 Å². The van der Waals surface area contributed by atoms with Gasteiger partial charge in [-0.1, -0.05) is 24.3 Å². The number of allylic oxidation sites excluding steroid dienone is 5. The number of hydrogen-bond donors (Lipinski definition) is 1. The first-order chi connectivity index (χ1) is 14.4. The molecule has 31 heavy (non-hydrogen) atoms. The van der Waals surface area contributed by atoms with E-state index in [1.807, 2.05) is 0 Å². The van der Waals surface area contributed by atoms with Crippen molar-refractivity contribution in [2.24, 2.45) is 11.8 Å². The van der Waals surface area contributed by atoms with Crippen LogP contribution in [0.4, 0.5) is 30.7 Å². The highest BCUT2D eigenvalue weighted by Crippen LogP contribution is 2.37. The molecule has 1 heterocycles. The molecule has 0 radical (unpaired) electrons. The fourth-order valence-electron chi connectivity index (χ4n) is 3.42. The van der Waals surface area contributed by atoms with Gasteiger partial charge in [0.25, 0.3) is 0 Å². The van der Waals surface area contributed by atoms with Crippen LogP contribution in [0.2, 0.25) is 0 Å². The lowest BCUT2D eigenvalue weighted by Gasteiger charge is -2.32. The average Bonchev–Trinajstić information content (AvgIpc) is 2.70. The minimum Gasteiger partial charge on any atom is -0.316 e. The van der Waals surface area contributed by atoms with E-state index < -0.39 is 23.5 Å². The molecule has 1 nitrogen and oxygen atoms in total. The van der Waals surface area contributed by atoms with Crippen molar-refractivity contribution in [3.63, 3.8) is 0 Å². The second kappa shape index (κ2) is 10.7. The fraction of sp³-hybridized carbons (Fsp3) is 0.455. The maximum absolute atomic E-state index is 13.3. The van der Waals surface area contributed by atoms with Crippen molar-refractivity contribution < 1.29 is 30.7 Å². The van der Waals surface area contributed by atoms with E-state index in [9.17, 15) is 30.7 Å². The summed E-state index contributed by atoms with van der Waals surface area (Å²) in [5, 5.41) is 3.24. The first kappa shape index (κ1) is 25.5. The second-order valence-electron chi connectivity index (χ2n) is 7.37. The quantitative estimate of drug-likeness (QED) is 0.337. The van der Waals surface area contributed by atoms with Gasteiger partial charge in [0.05, 0.1) is 11.1 Å². The molecule has 2 rings (SSSR count). The zero-order valence-corrected chi connectivity index (χ0v) is 17.7. The molecule has 0 aliphatic carbocycles. The number of halogens is 7. The Morgan fingerprint density at radius 2 is 1.71 bits per heavy atom. The standard InChI is InChI=1S/C22H24F7NS/c1-3-19(23)5-4-14(2)20-6-7-30-11-16(20)13-31-12-15-8-17(21(24,25)26)10-18(9-15)22(27,28)29/h3-5,8-10,16,20,30H,2,6-7,11-13H2,1H3/b5-4-,19-3+/t16-,20-/m0/s1. The van der Waals surface area contributed by atoms with E-state index in [1.165, 1.54) is 23.9 Å². The topological polar surface area (TPSA) is 12.0 Å². The number of alkyl halides is 6. The fourth-order valence-corrected chi connectivity index (χ4v) is 4.60. The third kappa shape index (κ3) is 7.71. The van der Waals surface area contributed by atoms with Gasteiger partial charge in [-0.3, -0.25) is 0 Å². The van der Waals surface area contributed by atoms with E-state index in [-0.39, 0.29) is 35.0 Å². The summed E-state index contributed by atoms with van der Waals surface area (Å²) in [6.07, 6.45) is -4.67. The highest BCUT2D eigenvalue weighted by Gasteiger charge is 2.37. The Balaban J connectivity index is 2.08. The molecule has 2 atom stereocenters. The van der Waals surface area contributed by atoms with Gasteiger partial charge in [-0.2, -0.15) is 38.1 Å². The summed E-state index contributed by atoms with van der Waals surface area (Å²) in [5.41, 5.74) is -1.89. The average molecular weight is 467 g/mol. The summed E-state index contributed by atoms with van der Waals surface area (Å²) in [6, 6.07) is 1.66. The lowest BCUT2D eigenvalue weighted by atomic mass is 9.82. The summed E-state index contributed by atoms with van der Waals surface area (Å²) in [5.74, 6) is 0.297. The van der Waals surface area contributed by atoms with Gasteiger partial charge >= 0.3 is 12.4 Å². The minimum absolute atomic E-state index is 0.0196. The van der Waals surface area contributed by atoms with Gasteiger partial charge in [-0.15, -0.1) is 0 Å². The molecule has 0 aromatic heterocycles.